The Balaban J connectivity index is 1.53. The first-order chi connectivity index (χ1) is 12.7. The first-order valence-corrected chi connectivity index (χ1v) is 10.4. The summed E-state index contributed by atoms with van der Waals surface area (Å²) in [7, 11) is 0. The number of nitrogens with zero attached hydrogens (tertiary/aromatic N) is 1. The van der Waals surface area contributed by atoms with Crippen LogP contribution in [-0.4, -0.2) is 11.7 Å². The molecule has 1 heterocycles. The van der Waals surface area contributed by atoms with Gasteiger partial charge in [-0.15, -0.1) is 11.8 Å². The van der Waals surface area contributed by atoms with Gasteiger partial charge >= 0.3 is 0 Å². The molecule has 0 atom stereocenters. The molecule has 0 fully saturated rings. The van der Waals surface area contributed by atoms with Gasteiger partial charge in [0.25, 0.3) is 0 Å². The highest BCUT2D eigenvalue weighted by Gasteiger charge is 2.27. The number of anilines is 2. The third kappa shape index (κ3) is 3.53. The molecule has 0 unspecified atom stereocenters. The zero-order valence-electron chi connectivity index (χ0n) is 14.5. The van der Waals surface area contributed by atoms with Crippen LogP contribution < -0.4 is 4.90 Å². The van der Waals surface area contributed by atoms with Crippen LogP contribution in [0.4, 0.5) is 11.4 Å². The van der Waals surface area contributed by atoms with Crippen LogP contribution in [0.15, 0.2) is 87.5 Å². The van der Waals surface area contributed by atoms with Crippen LogP contribution in [0, 0.1) is 6.92 Å². The van der Waals surface area contributed by atoms with Crippen molar-refractivity contribution in [1.29, 1.82) is 0 Å². The summed E-state index contributed by atoms with van der Waals surface area (Å²) in [6.45, 7) is 2.08. The largest absolute Gasteiger partial charge is 0.279 e. The molecule has 0 aliphatic carbocycles. The standard InChI is InChI=1S/C22H19NOS2/c1-16-10-12-17(13-11-16)25-15-14-22(24)23-18-6-2-4-8-20(18)26-21-9-5-3-7-19(21)23/h2-13H,14-15H2,1H3. The minimum Gasteiger partial charge on any atom is -0.279 e. The molecule has 1 aliphatic heterocycles. The molecular formula is C22H19NOS2. The number of fused-ring (bicyclic) bond motifs is 2. The molecule has 4 rings (SSSR count). The van der Waals surface area contributed by atoms with Crippen LogP contribution in [0.3, 0.4) is 0 Å². The van der Waals surface area contributed by atoms with E-state index >= 15 is 0 Å². The van der Waals surface area contributed by atoms with Crippen molar-refractivity contribution in [2.45, 2.75) is 28.0 Å². The number of para-hydroxylation sites is 2. The molecule has 26 heavy (non-hydrogen) atoms. The molecule has 0 N–H and O–H groups in total. The van der Waals surface area contributed by atoms with E-state index in [4.69, 9.17) is 0 Å². The Kier molecular flexibility index (Phi) is 5.05. The van der Waals surface area contributed by atoms with Crippen LogP contribution in [0.5, 0.6) is 0 Å². The summed E-state index contributed by atoms with van der Waals surface area (Å²) in [5, 5.41) is 0. The van der Waals surface area contributed by atoms with E-state index in [0.717, 1.165) is 26.9 Å². The Morgan fingerprint density at radius 3 is 2.08 bits per heavy atom. The number of rotatable bonds is 4. The molecule has 1 amide bonds. The average molecular weight is 378 g/mol. The molecule has 0 spiro atoms. The molecule has 0 saturated heterocycles. The first-order valence-electron chi connectivity index (χ1n) is 8.61. The minimum atomic E-state index is 0.143. The Labute approximate surface area is 162 Å². The second-order valence-electron chi connectivity index (χ2n) is 6.18. The second-order valence-corrected chi connectivity index (χ2v) is 8.43. The average Bonchev–Trinajstić information content (AvgIpc) is 2.67. The number of aryl methyl sites for hydroxylation is 1. The Morgan fingerprint density at radius 2 is 1.46 bits per heavy atom. The van der Waals surface area contributed by atoms with E-state index in [1.807, 2.05) is 41.3 Å². The van der Waals surface area contributed by atoms with E-state index in [0.29, 0.717) is 6.42 Å². The van der Waals surface area contributed by atoms with Gasteiger partial charge in [-0.25, -0.2) is 0 Å². The smallest absolute Gasteiger partial charge is 0.232 e. The summed E-state index contributed by atoms with van der Waals surface area (Å²) < 4.78 is 0. The van der Waals surface area contributed by atoms with Crippen LogP contribution in [0.25, 0.3) is 0 Å². The van der Waals surface area contributed by atoms with Crippen molar-refractivity contribution in [1.82, 2.24) is 0 Å². The molecular weight excluding hydrogens is 358 g/mol. The van der Waals surface area contributed by atoms with Crippen molar-refractivity contribution in [2.75, 3.05) is 10.7 Å². The van der Waals surface area contributed by atoms with Crippen molar-refractivity contribution >= 4 is 40.8 Å². The lowest BCUT2D eigenvalue weighted by molar-refractivity contribution is -0.117. The van der Waals surface area contributed by atoms with Gasteiger partial charge < -0.3 is 0 Å². The third-order valence-corrected chi connectivity index (χ3v) is 6.43. The molecule has 0 saturated carbocycles. The van der Waals surface area contributed by atoms with Gasteiger partial charge in [-0.1, -0.05) is 53.7 Å². The van der Waals surface area contributed by atoms with Crippen molar-refractivity contribution in [3.8, 4) is 0 Å². The zero-order valence-corrected chi connectivity index (χ0v) is 16.1. The first kappa shape index (κ1) is 17.3. The van der Waals surface area contributed by atoms with Gasteiger partial charge in [-0.3, -0.25) is 9.69 Å². The van der Waals surface area contributed by atoms with E-state index in [1.54, 1.807) is 23.5 Å². The van der Waals surface area contributed by atoms with Crippen LogP contribution in [0.2, 0.25) is 0 Å². The van der Waals surface area contributed by atoms with E-state index in [1.165, 1.54) is 10.5 Å². The monoisotopic (exact) mass is 377 g/mol. The fraction of sp³-hybridized carbons (Fsp3) is 0.136. The topological polar surface area (TPSA) is 20.3 Å². The van der Waals surface area contributed by atoms with Crippen molar-refractivity contribution < 1.29 is 4.79 Å². The van der Waals surface area contributed by atoms with Gasteiger partial charge in [0.05, 0.1) is 11.4 Å². The molecule has 3 aromatic rings. The number of benzene rings is 3. The van der Waals surface area contributed by atoms with Crippen LogP contribution in [0.1, 0.15) is 12.0 Å². The lowest BCUT2D eigenvalue weighted by Gasteiger charge is -2.31. The Bertz CT molecular complexity index is 891. The highest BCUT2D eigenvalue weighted by molar-refractivity contribution is 7.99. The summed E-state index contributed by atoms with van der Waals surface area (Å²) >= 11 is 3.46. The number of thioether (sulfide) groups is 1. The molecule has 2 nitrogen and oxygen atoms in total. The van der Waals surface area contributed by atoms with Gasteiger partial charge in [0.2, 0.25) is 5.91 Å². The van der Waals surface area contributed by atoms with Crippen LogP contribution in [-0.2, 0) is 4.79 Å². The number of hydrogen-bond donors (Lipinski definition) is 0. The second kappa shape index (κ2) is 7.60. The minimum absolute atomic E-state index is 0.143. The van der Waals surface area contributed by atoms with Crippen molar-refractivity contribution in [3.05, 3.63) is 78.4 Å². The van der Waals surface area contributed by atoms with Gasteiger partial charge in [-0.05, 0) is 43.3 Å². The zero-order chi connectivity index (χ0) is 17.9. The maximum absolute atomic E-state index is 13.1. The summed E-state index contributed by atoms with van der Waals surface area (Å²) in [5.74, 6) is 0.917. The molecule has 0 bridgehead atoms. The lowest BCUT2D eigenvalue weighted by atomic mass is 10.2. The molecule has 130 valence electrons. The molecule has 0 radical (unpaired) electrons. The fourth-order valence-corrected chi connectivity index (χ4v) is 4.87. The number of hydrogen-bond acceptors (Lipinski definition) is 3. The van der Waals surface area contributed by atoms with Gasteiger partial charge in [0.15, 0.2) is 0 Å². The normalized spacial score (nSPS) is 12.4. The van der Waals surface area contributed by atoms with E-state index < -0.39 is 0 Å². The summed E-state index contributed by atoms with van der Waals surface area (Å²) in [4.78, 5) is 18.4. The number of amides is 1. The van der Waals surface area contributed by atoms with Crippen molar-refractivity contribution in [3.63, 3.8) is 0 Å². The van der Waals surface area contributed by atoms with Gasteiger partial charge in [-0.2, -0.15) is 0 Å². The maximum atomic E-state index is 13.1. The predicted octanol–water partition coefficient (Wildman–Crippen LogP) is 6.31. The molecule has 0 aromatic heterocycles. The highest BCUT2D eigenvalue weighted by Crippen LogP contribution is 2.48. The SMILES string of the molecule is Cc1ccc(SCCC(=O)N2c3ccccc3Sc3ccccc32)cc1. The molecule has 3 aromatic carbocycles. The Morgan fingerprint density at radius 1 is 0.885 bits per heavy atom. The third-order valence-electron chi connectivity index (χ3n) is 4.29. The predicted molar refractivity (Wildman–Crippen MR) is 111 cm³/mol. The van der Waals surface area contributed by atoms with E-state index in [2.05, 4.69) is 43.3 Å². The molecule has 1 aliphatic rings. The van der Waals surface area contributed by atoms with Crippen molar-refractivity contribution in [2.24, 2.45) is 0 Å². The van der Waals surface area contributed by atoms with E-state index in [-0.39, 0.29) is 5.91 Å². The fourth-order valence-electron chi connectivity index (χ4n) is 2.98. The van der Waals surface area contributed by atoms with Gasteiger partial charge in [0.1, 0.15) is 0 Å². The van der Waals surface area contributed by atoms with E-state index in [9.17, 15) is 4.79 Å². The maximum Gasteiger partial charge on any atom is 0.232 e. The quantitative estimate of drug-likeness (QED) is 0.497. The highest BCUT2D eigenvalue weighted by atomic mass is 32.2. The molecule has 4 heteroatoms. The summed E-state index contributed by atoms with van der Waals surface area (Å²) in [5.41, 5.74) is 3.23. The van der Waals surface area contributed by atoms with Gasteiger partial charge in [0, 0.05) is 26.9 Å². The van der Waals surface area contributed by atoms with Crippen LogP contribution >= 0.6 is 23.5 Å². The summed E-state index contributed by atoms with van der Waals surface area (Å²) in [6, 6.07) is 24.7. The summed E-state index contributed by atoms with van der Waals surface area (Å²) in [6.07, 6.45) is 0.506. The number of carbonyl (C=O) groups is 1. The Hall–Kier alpha value is -2.17. The number of carbonyl (C=O) groups excluding carboxylic acids is 1. The lowest BCUT2D eigenvalue weighted by Crippen LogP contribution is -2.28.